The van der Waals surface area contributed by atoms with Crippen molar-refractivity contribution in [3.63, 3.8) is 0 Å². The maximum absolute atomic E-state index is 13.1. The number of carbonyl (C=O) groups excluding carboxylic acids is 1. The fraction of sp³-hybridized carbons (Fsp3) is 0.350. The first-order valence-electron chi connectivity index (χ1n) is 8.91. The van der Waals surface area contributed by atoms with Crippen LogP contribution in [0.4, 0.5) is 10.1 Å². The molecule has 1 N–H and O–H groups in total. The first kappa shape index (κ1) is 19.5. The summed E-state index contributed by atoms with van der Waals surface area (Å²) in [5.74, 6) is -1.09. The Kier molecular flexibility index (Phi) is 5.62. The molecule has 5 nitrogen and oxygen atoms in total. The number of sulfonamides is 1. The number of nitrogens with one attached hydrogen (secondary N) is 1. The van der Waals surface area contributed by atoms with E-state index >= 15 is 0 Å². The van der Waals surface area contributed by atoms with E-state index in [1.54, 1.807) is 0 Å². The van der Waals surface area contributed by atoms with E-state index in [1.165, 1.54) is 16.4 Å². The first-order chi connectivity index (χ1) is 12.8. The van der Waals surface area contributed by atoms with Crippen LogP contribution in [0, 0.1) is 25.6 Å². The Bertz CT molecular complexity index is 942. The number of benzene rings is 2. The van der Waals surface area contributed by atoms with Crippen molar-refractivity contribution in [3.05, 3.63) is 59.4 Å². The summed E-state index contributed by atoms with van der Waals surface area (Å²) in [5, 5.41) is 2.92. The zero-order chi connectivity index (χ0) is 19.6. The summed E-state index contributed by atoms with van der Waals surface area (Å²) < 4.78 is 40.0. The topological polar surface area (TPSA) is 66.5 Å². The molecule has 7 heteroatoms. The summed E-state index contributed by atoms with van der Waals surface area (Å²) in [7, 11) is -3.75. The van der Waals surface area contributed by atoms with Crippen LogP contribution in [0.25, 0.3) is 0 Å². The molecule has 2 aromatic rings. The van der Waals surface area contributed by atoms with Gasteiger partial charge >= 0.3 is 0 Å². The van der Waals surface area contributed by atoms with Crippen LogP contribution in [0.1, 0.15) is 24.0 Å². The Morgan fingerprint density at radius 2 is 1.85 bits per heavy atom. The van der Waals surface area contributed by atoms with Gasteiger partial charge in [-0.05, 0) is 62.6 Å². The van der Waals surface area contributed by atoms with Crippen LogP contribution in [0.3, 0.4) is 0 Å². The molecule has 2 aromatic carbocycles. The van der Waals surface area contributed by atoms with Gasteiger partial charge in [-0.2, -0.15) is 4.31 Å². The van der Waals surface area contributed by atoms with Crippen molar-refractivity contribution in [3.8, 4) is 0 Å². The van der Waals surface area contributed by atoms with E-state index in [4.69, 9.17) is 0 Å². The van der Waals surface area contributed by atoms with Crippen LogP contribution in [0.2, 0.25) is 0 Å². The summed E-state index contributed by atoms with van der Waals surface area (Å²) >= 11 is 0. The Hall–Kier alpha value is -2.25. The number of carbonyl (C=O) groups is 1. The number of halogens is 1. The maximum atomic E-state index is 13.1. The SMILES string of the molecule is Cc1ccc(NC(=O)[C@H]2CCCN(S(=O)(=O)c3ccc(F)cc3)C2)c(C)c1. The second-order valence-corrected chi connectivity index (χ2v) is 8.90. The van der Waals surface area contributed by atoms with E-state index in [0.29, 0.717) is 19.4 Å². The third-order valence-corrected chi connectivity index (χ3v) is 6.73. The standard InChI is InChI=1S/C20H23FN2O3S/c1-14-5-10-19(15(2)12-14)22-20(24)16-4-3-11-23(13-16)27(25,26)18-8-6-17(21)7-9-18/h5-10,12,16H,3-4,11,13H2,1-2H3,(H,22,24)/t16-/m0/s1. The van der Waals surface area contributed by atoms with Gasteiger partial charge in [0.05, 0.1) is 10.8 Å². The monoisotopic (exact) mass is 390 g/mol. The van der Waals surface area contributed by atoms with Crippen molar-refractivity contribution in [2.45, 2.75) is 31.6 Å². The van der Waals surface area contributed by atoms with Crippen molar-refractivity contribution in [1.82, 2.24) is 4.31 Å². The van der Waals surface area contributed by atoms with Crippen molar-refractivity contribution < 1.29 is 17.6 Å². The lowest BCUT2D eigenvalue weighted by Crippen LogP contribution is -2.43. The minimum Gasteiger partial charge on any atom is -0.326 e. The van der Waals surface area contributed by atoms with Crippen LogP contribution < -0.4 is 5.32 Å². The second kappa shape index (κ2) is 7.78. The number of hydrogen-bond donors (Lipinski definition) is 1. The lowest BCUT2D eigenvalue weighted by Gasteiger charge is -2.31. The zero-order valence-electron chi connectivity index (χ0n) is 15.4. The lowest BCUT2D eigenvalue weighted by atomic mass is 9.98. The number of nitrogens with zero attached hydrogens (tertiary/aromatic N) is 1. The number of rotatable bonds is 4. The molecule has 1 saturated heterocycles. The summed E-state index contributed by atoms with van der Waals surface area (Å²) in [4.78, 5) is 12.7. The predicted octanol–water partition coefficient (Wildman–Crippen LogP) is 3.48. The number of hydrogen-bond acceptors (Lipinski definition) is 3. The largest absolute Gasteiger partial charge is 0.326 e. The van der Waals surface area contributed by atoms with E-state index in [1.807, 2.05) is 32.0 Å². The number of amides is 1. The Labute approximate surface area is 159 Å². The zero-order valence-corrected chi connectivity index (χ0v) is 16.2. The van der Waals surface area contributed by atoms with Crippen LogP contribution in [-0.4, -0.2) is 31.7 Å². The number of aryl methyl sites for hydroxylation is 2. The molecule has 1 amide bonds. The van der Waals surface area contributed by atoms with Gasteiger partial charge in [-0.3, -0.25) is 4.79 Å². The van der Waals surface area contributed by atoms with Crippen molar-refractivity contribution >= 4 is 21.6 Å². The van der Waals surface area contributed by atoms with Crippen LogP contribution in [0.5, 0.6) is 0 Å². The molecule has 1 atom stereocenters. The maximum Gasteiger partial charge on any atom is 0.243 e. The molecule has 0 radical (unpaired) electrons. The van der Waals surface area contributed by atoms with Gasteiger partial charge in [0.25, 0.3) is 0 Å². The van der Waals surface area contributed by atoms with E-state index in [2.05, 4.69) is 5.32 Å². The second-order valence-electron chi connectivity index (χ2n) is 6.96. The Morgan fingerprint density at radius 3 is 2.52 bits per heavy atom. The molecule has 1 aliphatic heterocycles. The Balaban J connectivity index is 1.73. The minimum absolute atomic E-state index is 0.0411. The van der Waals surface area contributed by atoms with E-state index < -0.39 is 21.8 Å². The summed E-state index contributed by atoms with van der Waals surface area (Å²) in [6.45, 7) is 4.39. The van der Waals surface area contributed by atoms with Crippen molar-refractivity contribution in [2.75, 3.05) is 18.4 Å². The number of anilines is 1. The molecular weight excluding hydrogens is 367 g/mol. The minimum atomic E-state index is -3.75. The molecule has 0 spiro atoms. The van der Waals surface area contributed by atoms with E-state index in [0.717, 1.165) is 28.9 Å². The Morgan fingerprint density at radius 1 is 1.15 bits per heavy atom. The van der Waals surface area contributed by atoms with Crippen LogP contribution >= 0.6 is 0 Å². The third-order valence-electron chi connectivity index (χ3n) is 4.85. The quantitative estimate of drug-likeness (QED) is 0.869. The molecule has 0 unspecified atom stereocenters. The molecule has 0 saturated carbocycles. The fourth-order valence-electron chi connectivity index (χ4n) is 3.32. The molecule has 27 heavy (non-hydrogen) atoms. The highest BCUT2D eigenvalue weighted by Gasteiger charge is 2.33. The molecule has 0 bridgehead atoms. The van der Waals surface area contributed by atoms with E-state index in [9.17, 15) is 17.6 Å². The van der Waals surface area contributed by atoms with Gasteiger partial charge in [0.15, 0.2) is 0 Å². The molecule has 0 aliphatic carbocycles. The first-order valence-corrected chi connectivity index (χ1v) is 10.4. The van der Waals surface area contributed by atoms with E-state index in [-0.39, 0.29) is 17.3 Å². The van der Waals surface area contributed by atoms with Crippen molar-refractivity contribution in [2.24, 2.45) is 5.92 Å². The highest BCUT2D eigenvalue weighted by Crippen LogP contribution is 2.25. The van der Waals surface area contributed by atoms with Gasteiger partial charge in [0.2, 0.25) is 15.9 Å². The van der Waals surface area contributed by atoms with Gasteiger partial charge in [-0.15, -0.1) is 0 Å². The van der Waals surface area contributed by atoms with Gasteiger partial charge in [-0.25, -0.2) is 12.8 Å². The normalized spacial score (nSPS) is 18.3. The van der Waals surface area contributed by atoms with Gasteiger partial charge in [0.1, 0.15) is 5.82 Å². The average Bonchev–Trinajstić information content (AvgIpc) is 2.64. The molecule has 144 valence electrons. The molecule has 3 rings (SSSR count). The van der Waals surface area contributed by atoms with Gasteiger partial charge in [0, 0.05) is 18.8 Å². The molecular formula is C20H23FN2O3S. The van der Waals surface area contributed by atoms with Gasteiger partial charge in [-0.1, -0.05) is 17.7 Å². The summed E-state index contributed by atoms with van der Waals surface area (Å²) in [5.41, 5.74) is 2.82. The average molecular weight is 390 g/mol. The fourth-order valence-corrected chi connectivity index (χ4v) is 4.84. The van der Waals surface area contributed by atoms with Crippen LogP contribution in [0.15, 0.2) is 47.4 Å². The predicted molar refractivity (Wildman–Crippen MR) is 102 cm³/mol. The van der Waals surface area contributed by atoms with Crippen LogP contribution in [-0.2, 0) is 14.8 Å². The smallest absolute Gasteiger partial charge is 0.243 e. The third kappa shape index (κ3) is 4.36. The molecule has 0 aromatic heterocycles. The molecule has 1 aliphatic rings. The highest BCUT2D eigenvalue weighted by molar-refractivity contribution is 7.89. The molecule has 1 heterocycles. The summed E-state index contributed by atoms with van der Waals surface area (Å²) in [6.07, 6.45) is 1.23. The van der Waals surface area contributed by atoms with Crippen molar-refractivity contribution in [1.29, 1.82) is 0 Å². The lowest BCUT2D eigenvalue weighted by molar-refractivity contribution is -0.120. The van der Waals surface area contributed by atoms with Gasteiger partial charge < -0.3 is 5.32 Å². The summed E-state index contributed by atoms with van der Waals surface area (Å²) in [6, 6.07) is 10.5. The molecule has 1 fully saturated rings. The highest BCUT2D eigenvalue weighted by atomic mass is 32.2. The number of piperidine rings is 1.